The van der Waals surface area contributed by atoms with Gasteiger partial charge in [0.05, 0.1) is 11.9 Å². The van der Waals surface area contributed by atoms with Crippen LogP contribution in [0, 0.1) is 0 Å². The van der Waals surface area contributed by atoms with Crippen molar-refractivity contribution in [3.05, 3.63) is 43.0 Å². The van der Waals surface area contributed by atoms with Crippen molar-refractivity contribution < 1.29 is 4.79 Å². The lowest BCUT2D eigenvalue weighted by atomic mass is 10.0. The molecule has 2 aromatic heterocycles. The van der Waals surface area contributed by atoms with E-state index in [1.807, 2.05) is 12.1 Å². The van der Waals surface area contributed by atoms with Crippen molar-refractivity contribution in [3.8, 4) is 0 Å². The Balaban J connectivity index is 1.76. The molecule has 0 saturated carbocycles. The van der Waals surface area contributed by atoms with Gasteiger partial charge in [-0.3, -0.25) is 9.78 Å². The van der Waals surface area contributed by atoms with Gasteiger partial charge in [0.25, 0.3) is 0 Å². The number of hydrogen-bond acceptors (Lipinski definition) is 5. The van der Waals surface area contributed by atoms with Crippen molar-refractivity contribution in [2.24, 2.45) is 0 Å². The Hall–Kier alpha value is -2.50. The minimum atomic E-state index is -0.286. The summed E-state index contributed by atoms with van der Waals surface area (Å²) >= 11 is 0. The van der Waals surface area contributed by atoms with Crippen LogP contribution in [0.5, 0.6) is 0 Å². The first kappa shape index (κ1) is 12.5. The van der Waals surface area contributed by atoms with Crippen LogP contribution >= 0.6 is 0 Å². The summed E-state index contributed by atoms with van der Waals surface area (Å²) in [5.74, 6) is 0.524. The largest absolute Gasteiger partial charge is 0.342 e. The smallest absolute Gasteiger partial charge is 0.249 e. The highest BCUT2D eigenvalue weighted by Crippen LogP contribution is 2.21. The summed E-state index contributed by atoms with van der Waals surface area (Å²) in [6, 6.07) is 5.19. The topological polar surface area (TPSA) is 71.0 Å². The van der Waals surface area contributed by atoms with Crippen LogP contribution in [0.15, 0.2) is 43.0 Å². The van der Waals surface area contributed by atoms with Crippen LogP contribution in [-0.2, 0) is 4.79 Å². The second-order valence-corrected chi connectivity index (χ2v) is 4.61. The lowest BCUT2D eigenvalue weighted by molar-refractivity contribution is -0.120. The van der Waals surface area contributed by atoms with Crippen LogP contribution in [-0.4, -0.2) is 33.4 Å². The highest BCUT2D eigenvalue weighted by molar-refractivity contribution is 5.99. The lowest BCUT2D eigenvalue weighted by Gasteiger charge is -2.32. The third-order valence-electron chi connectivity index (χ3n) is 3.27. The van der Waals surface area contributed by atoms with E-state index in [4.69, 9.17) is 0 Å². The Morgan fingerprint density at radius 2 is 2.05 bits per heavy atom. The number of pyridine rings is 1. The van der Waals surface area contributed by atoms with Crippen molar-refractivity contribution in [3.63, 3.8) is 0 Å². The monoisotopic (exact) mass is 269 g/mol. The van der Waals surface area contributed by atoms with Crippen molar-refractivity contribution in [1.82, 2.24) is 15.0 Å². The molecular formula is C14H15N5O. The maximum absolute atomic E-state index is 12.5. The average molecular weight is 269 g/mol. The van der Waals surface area contributed by atoms with Crippen LogP contribution in [0.25, 0.3) is 0 Å². The number of amides is 1. The quantitative estimate of drug-likeness (QED) is 0.913. The molecule has 0 aliphatic carbocycles. The molecule has 102 valence electrons. The van der Waals surface area contributed by atoms with E-state index in [2.05, 4.69) is 20.3 Å². The van der Waals surface area contributed by atoms with Gasteiger partial charge in [0.15, 0.2) is 0 Å². The number of nitrogens with one attached hydrogen (secondary N) is 1. The van der Waals surface area contributed by atoms with Crippen LogP contribution in [0.1, 0.15) is 12.8 Å². The maximum atomic E-state index is 12.5. The second-order valence-electron chi connectivity index (χ2n) is 4.61. The first-order valence-electron chi connectivity index (χ1n) is 6.59. The number of aromatic nitrogens is 3. The molecule has 3 rings (SSSR count). The van der Waals surface area contributed by atoms with E-state index in [9.17, 15) is 4.79 Å². The normalized spacial score (nSPS) is 18.9. The molecule has 0 aromatic carbocycles. The average Bonchev–Trinajstić information content (AvgIpc) is 2.51. The molecular weight excluding hydrogens is 254 g/mol. The molecule has 1 saturated heterocycles. The minimum Gasteiger partial charge on any atom is -0.342 e. The summed E-state index contributed by atoms with van der Waals surface area (Å²) in [7, 11) is 0. The van der Waals surface area contributed by atoms with Gasteiger partial charge in [-0.2, -0.15) is 0 Å². The minimum absolute atomic E-state index is 0.0386. The second kappa shape index (κ2) is 5.64. The summed E-state index contributed by atoms with van der Waals surface area (Å²) in [5, 5.41) is 3.10. The summed E-state index contributed by atoms with van der Waals surface area (Å²) in [6.07, 6.45) is 8.44. The van der Waals surface area contributed by atoms with Crippen LogP contribution in [0.4, 0.5) is 11.6 Å². The molecule has 1 N–H and O–H groups in total. The van der Waals surface area contributed by atoms with E-state index in [-0.39, 0.29) is 11.9 Å². The van der Waals surface area contributed by atoms with Gasteiger partial charge in [-0.05, 0) is 31.0 Å². The SMILES string of the molecule is O=C1[C@@H](Nc2ncccn2)CCCN1c1cccnc1. The number of nitrogens with zero attached hydrogens (tertiary/aromatic N) is 4. The number of carbonyl (C=O) groups excluding carboxylic acids is 1. The molecule has 0 radical (unpaired) electrons. The first-order valence-corrected chi connectivity index (χ1v) is 6.59. The fourth-order valence-electron chi connectivity index (χ4n) is 2.31. The molecule has 2 aromatic rings. The van der Waals surface area contributed by atoms with E-state index in [0.29, 0.717) is 5.95 Å². The fraction of sp³-hybridized carbons (Fsp3) is 0.286. The highest BCUT2D eigenvalue weighted by Gasteiger charge is 2.30. The molecule has 1 aliphatic rings. The molecule has 0 bridgehead atoms. The van der Waals surface area contributed by atoms with Gasteiger partial charge >= 0.3 is 0 Å². The van der Waals surface area contributed by atoms with E-state index in [0.717, 1.165) is 25.1 Å². The number of rotatable bonds is 3. The molecule has 1 fully saturated rings. The molecule has 1 amide bonds. The molecule has 1 atom stereocenters. The predicted octanol–water partition coefficient (Wildman–Crippen LogP) is 1.48. The van der Waals surface area contributed by atoms with Gasteiger partial charge < -0.3 is 10.2 Å². The molecule has 0 spiro atoms. The summed E-state index contributed by atoms with van der Waals surface area (Å²) in [4.78, 5) is 26.5. The molecule has 6 heteroatoms. The summed E-state index contributed by atoms with van der Waals surface area (Å²) in [5.41, 5.74) is 0.831. The van der Waals surface area contributed by atoms with E-state index < -0.39 is 0 Å². The fourth-order valence-corrected chi connectivity index (χ4v) is 2.31. The van der Waals surface area contributed by atoms with Gasteiger partial charge in [-0.15, -0.1) is 0 Å². The van der Waals surface area contributed by atoms with Gasteiger partial charge in [0.2, 0.25) is 11.9 Å². The predicted molar refractivity (Wildman–Crippen MR) is 75.3 cm³/mol. The van der Waals surface area contributed by atoms with E-state index in [1.54, 1.807) is 35.8 Å². The third-order valence-corrected chi connectivity index (χ3v) is 3.27. The van der Waals surface area contributed by atoms with Gasteiger partial charge in [0, 0.05) is 25.1 Å². The van der Waals surface area contributed by atoms with Crippen molar-refractivity contribution >= 4 is 17.5 Å². The van der Waals surface area contributed by atoms with Crippen molar-refractivity contribution in [2.45, 2.75) is 18.9 Å². The van der Waals surface area contributed by atoms with E-state index >= 15 is 0 Å². The Morgan fingerprint density at radius 3 is 2.80 bits per heavy atom. The van der Waals surface area contributed by atoms with Gasteiger partial charge in [-0.25, -0.2) is 9.97 Å². The lowest BCUT2D eigenvalue weighted by Crippen LogP contribution is -2.48. The third kappa shape index (κ3) is 2.59. The standard InChI is InChI=1S/C14H15N5O/c20-13-12(18-14-16-7-3-8-17-14)5-2-9-19(13)11-4-1-6-15-10-11/h1,3-4,6-8,10,12H,2,5,9H2,(H,16,17,18)/t12-/m0/s1. The Labute approximate surface area is 116 Å². The first-order chi connectivity index (χ1) is 9.84. The zero-order chi connectivity index (χ0) is 13.8. The molecule has 6 nitrogen and oxygen atoms in total. The van der Waals surface area contributed by atoms with Gasteiger partial charge in [0.1, 0.15) is 6.04 Å². The maximum Gasteiger partial charge on any atom is 0.249 e. The Bertz CT molecular complexity index is 575. The number of carbonyl (C=O) groups is 1. The zero-order valence-corrected chi connectivity index (χ0v) is 10.9. The highest BCUT2D eigenvalue weighted by atomic mass is 16.2. The summed E-state index contributed by atoms with van der Waals surface area (Å²) < 4.78 is 0. The number of hydrogen-bond donors (Lipinski definition) is 1. The summed E-state index contributed by atoms with van der Waals surface area (Å²) in [6.45, 7) is 0.721. The van der Waals surface area contributed by atoms with Crippen LogP contribution in [0.3, 0.4) is 0 Å². The molecule has 20 heavy (non-hydrogen) atoms. The molecule has 1 aliphatic heterocycles. The zero-order valence-electron chi connectivity index (χ0n) is 10.9. The van der Waals surface area contributed by atoms with Crippen LogP contribution in [0.2, 0.25) is 0 Å². The molecule has 0 unspecified atom stereocenters. The number of piperidine rings is 1. The van der Waals surface area contributed by atoms with Crippen molar-refractivity contribution in [2.75, 3.05) is 16.8 Å². The van der Waals surface area contributed by atoms with Gasteiger partial charge in [-0.1, -0.05) is 0 Å². The van der Waals surface area contributed by atoms with E-state index in [1.165, 1.54) is 0 Å². The van der Waals surface area contributed by atoms with Crippen LogP contribution < -0.4 is 10.2 Å². The van der Waals surface area contributed by atoms with Crippen molar-refractivity contribution in [1.29, 1.82) is 0 Å². The number of anilines is 2. The Morgan fingerprint density at radius 1 is 1.20 bits per heavy atom. The Kier molecular flexibility index (Phi) is 3.54. The molecule has 3 heterocycles.